The van der Waals surface area contributed by atoms with E-state index in [-0.39, 0.29) is 6.04 Å². The largest absolute Gasteiger partial charge is 0.309 e. The van der Waals surface area contributed by atoms with Gasteiger partial charge in [-0.05, 0) is 20.8 Å². The predicted octanol–water partition coefficient (Wildman–Crippen LogP) is 0.581. The number of rotatable bonds is 1. The van der Waals surface area contributed by atoms with E-state index in [1.165, 1.54) is 0 Å². The van der Waals surface area contributed by atoms with E-state index >= 15 is 0 Å². The summed E-state index contributed by atoms with van der Waals surface area (Å²) in [5.41, 5.74) is 0. The number of hydrogen-bond donors (Lipinski definition) is 1. The van der Waals surface area contributed by atoms with Gasteiger partial charge in [-0.1, -0.05) is 0 Å². The smallest absolute Gasteiger partial charge is 0.0950 e. The van der Waals surface area contributed by atoms with E-state index in [1.54, 1.807) is 0 Å². The highest BCUT2D eigenvalue weighted by Crippen LogP contribution is 2.07. The Bertz CT molecular complexity index is 175. The van der Waals surface area contributed by atoms with Crippen LogP contribution in [0.5, 0.6) is 0 Å². The van der Waals surface area contributed by atoms with E-state index < -0.39 is 0 Å². The van der Waals surface area contributed by atoms with Gasteiger partial charge in [0.2, 0.25) is 0 Å². The second-order valence-corrected chi connectivity index (χ2v) is 3.73. The zero-order chi connectivity index (χ0) is 9.14. The minimum atomic E-state index is 0.0528. The first kappa shape index (κ1) is 9.50. The van der Waals surface area contributed by atoms with Gasteiger partial charge in [-0.3, -0.25) is 4.90 Å². The summed E-state index contributed by atoms with van der Waals surface area (Å²) < 4.78 is 0. The van der Waals surface area contributed by atoms with Gasteiger partial charge in [-0.15, -0.1) is 0 Å². The van der Waals surface area contributed by atoms with Crippen molar-refractivity contribution < 1.29 is 0 Å². The first-order valence-electron chi connectivity index (χ1n) is 4.53. The summed E-state index contributed by atoms with van der Waals surface area (Å²) in [6.07, 6.45) is 0. The third-order valence-electron chi connectivity index (χ3n) is 2.32. The number of nitrogens with zero attached hydrogens (tertiary/aromatic N) is 2. The molecule has 1 unspecified atom stereocenters. The van der Waals surface area contributed by atoms with Gasteiger partial charge in [0.15, 0.2) is 0 Å². The highest BCUT2D eigenvalue weighted by molar-refractivity contribution is 4.93. The van der Waals surface area contributed by atoms with Gasteiger partial charge in [0.1, 0.15) is 0 Å². The minimum absolute atomic E-state index is 0.0528. The molecule has 0 aromatic carbocycles. The van der Waals surface area contributed by atoms with Crippen molar-refractivity contribution in [2.45, 2.75) is 38.9 Å². The van der Waals surface area contributed by atoms with Crippen molar-refractivity contribution in [3.63, 3.8) is 0 Å². The Kier molecular flexibility index (Phi) is 3.07. The first-order chi connectivity index (χ1) is 5.63. The summed E-state index contributed by atoms with van der Waals surface area (Å²) in [5, 5.41) is 12.2. The van der Waals surface area contributed by atoms with Gasteiger partial charge in [0.05, 0.1) is 12.1 Å². The van der Waals surface area contributed by atoms with Gasteiger partial charge in [0, 0.05) is 25.2 Å². The highest BCUT2D eigenvalue weighted by atomic mass is 15.2. The highest BCUT2D eigenvalue weighted by Gasteiger charge is 2.23. The van der Waals surface area contributed by atoms with Crippen molar-refractivity contribution in [1.29, 1.82) is 5.26 Å². The van der Waals surface area contributed by atoms with Crippen LogP contribution >= 0.6 is 0 Å². The molecular formula is C9H17N3. The Morgan fingerprint density at radius 2 is 1.92 bits per heavy atom. The molecule has 0 aromatic heterocycles. The standard InChI is InChI=1S/C9H17N3/c1-7-5-12(9(3)4-10)6-8(2)11-7/h7-9,11H,5-6H2,1-3H3/t7-,8+,9?. The molecule has 1 N–H and O–H groups in total. The van der Waals surface area contributed by atoms with E-state index in [1.807, 2.05) is 6.92 Å². The van der Waals surface area contributed by atoms with E-state index in [4.69, 9.17) is 5.26 Å². The Hall–Kier alpha value is -0.590. The average molecular weight is 167 g/mol. The number of hydrogen-bond acceptors (Lipinski definition) is 3. The Morgan fingerprint density at radius 3 is 2.33 bits per heavy atom. The Morgan fingerprint density at radius 1 is 1.42 bits per heavy atom. The van der Waals surface area contributed by atoms with Gasteiger partial charge in [-0.2, -0.15) is 5.26 Å². The van der Waals surface area contributed by atoms with Gasteiger partial charge < -0.3 is 5.32 Å². The predicted molar refractivity (Wildman–Crippen MR) is 48.7 cm³/mol. The SMILES string of the molecule is CC(C#N)N1C[C@@H](C)N[C@@H](C)C1. The van der Waals surface area contributed by atoms with E-state index in [9.17, 15) is 0 Å². The van der Waals surface area contributed by atoms with Crippen molar-refractivity contribution in [2.75, 3.05) is 13.1 Å². The van der Waals surface area contributed by atoms with Crippen LogP contribution in [0.3, 0.4) is 0 Å². The summed E-state index contributed by atoms with van der Waals surface area (Å²) >= 11 is 0. The number of nitrogens with one attached hydrogen (secondary N) is 1. The molecule has 68 valence electrons. The molecule has 1 saturated heterocycles. The Balaban J connectivity index is 2.50. The molecule has 3 heteroatoms. The lowest BCUT2D eigenvalue weighted by Crippen LogP contribution is -2.56. The van der Waals surface area contributed by atoms with Crippen LogP contribution in [0.2, 0.25) is 0 Å². The fourth-order valence-electron chi connectivity index (χ4n) is 1.77. The fourth-order valence-corrected chi connectivity index (χ4v) is 1.77. The van der Waals surface area contributed by atoms with Crippen LogP contribution in [0, 0.1) is 11.3 Å². The van der Waals surface area contributed by atoms with E-state index in [2.05, 4.69) is 30.1 Å². The third kappa shape index (κ3) is 2.20. The molecule has 1 aliphatic rings. The zero-order valence-electron chi connectivity index (χ0n) is 8.04. The molecule has 1 aliphatic heterocycles. The molecule has 0 aromatic rings. The lowest BCUT2D eigenvalue weighted by Gasteiger charge is -2.37. The van der Waals surface area contributed by atoms with Crippen LogP contribution in [-0.4, -0.2) is 36.1 Å². The number of piperazine rings is 1. The molecule has 3 nitrogen and oxygen atoms in total. The minimum Gasteiger partial charge on any atom is -0.309 e. The average Bonchev–Trinajstić information content (AvgIpc) is 2.01. The van der Waals surface area contributed by atoms with Crippen LogP contribution in [0.25, 0.3) is 0 Å². The van der Waals surface area contributed by atoms with Crippen LogP contribution in [0.4, 0.5) is 0 Å². The number of nitriles is 1. The molecule has 1 heterocycles. The summed E-state index contributed by atoms with van der Waals surface area (Å²) in [6.45, 7) is 8.25. The second-order valence-electron chi connectivity index (χ2n) is 3.73. The second kappa shape index (κ2) is 3.88. The molecule has 1 fully saturated rings. The van der Waals surface area contributed by atoms with Crippen molar-refractivity contribution in [3.05, 3.63) is 0 Å². The molecule has 0 bridgehead atoms. The zero-order valence-corrected chi connectivity index (χ0v) is 8.04. The maximum absolute atomic E-state index is 8.75. The van der Waals surface area contributed by atoms with Crippen molar-refractivity contribution in [3.8, 4) is 6.07 Å². The molecule has 0 spiro atoms. The summed E-state index contributed by atoms with van der Waals surface area (Å²) in [4.78, 5) is 2.23. The summed E-state index contributed by atoms with van der Waals surface area (Å²) in [5.74, 6) is 0. The normalized spacial score (nSPS) is 34.2. The van der Waals surface area contributed by atoms with E-state index in [0.29, 0.717) is 12.1 Å². The van der Waals surface area contributed by atoms with Crippen molar-refractivity contribution >= 4 is 0 Å². The molecule has 0 aliphatic carbocycles. The molecular weight excluding hydrogens is 150 g/mol. The molecule has 0 amide bonds. The summed E-state index contributed by atoms with van der Waals surface area (Å²) in [7, 11) is 0. The topological polar surface area (TPSA) is 39.1 Å². The molecule has 3 atom stereocenters. The lowest BCUT2D eigenvalue weighted by atomic mass is 10.1. The maximum atomic E-state index is 8.75. The van der Waals surface area contributed by atoms with Crippen molar-refractivity contribution in [2.24, 2.45) is 0 Å². The fraction of sp³-hybridized carbons (Fsp3) is 0.889. The maximum Gasteiger partial charge on any atom is 0.0950 e. The quantitative estimate of drug-likeness (QED) is 0.621. The lowest BCUT2D eigenvalue weighted by molar-refractivity contribution is 0.155. The van der Waals surface area contributed by atoms with Crippen LogP contribution < -0.4 is 5.32 Å². The molecule has 0 saturated carbocycles. The van der Waals surface area contributed by atoms with Gasteiger partial charge in [0.25, 0.3) is 0 Å². The monoisotopic (exact) mass is 167 g/mol. The first-order valence-corrected chi connectivity index (χ1v) is 4.53. The van der Waals surface area contributed by atoms with Crippen LogP contribution in [0.1, 0.15) is 20.8 Å². The van der Waals surface area contributed by atoms with Gasteiger partial charge >= 0.3 is 0 Å². The third-order valence-corrected chi connectivity index (χ3v) is 2.32. The van der Waals surface area contributed by atoms with Gasteiger partial charge in [-0.25, -0.2) is 0 Å². The molecule has 1 rings (SSSR count). The van der Waals surface area contributed by atoms with E-state index in [0.717, 1.165) is 13.1 Å². The molecule has 0 radical (unpaired) electrons. The van der Waals surface area contributed by atoms with Crippen LogP contribution in [-0.2, 0) is 0 Å². The van der Waals surface area contributed by atoms with Crippen molar-refractivity contribution in [1.82, 2.24) is 10.2 Å². The summed E-state index contributed by atoms with van der Waals surface area (Å²) in [6, 6.07) is 3.34. The molecule has 12 heavy (non-hydrogen) atoms. The Labute approximate surface area is 74.4 Å². The van der Waals surface area contributed by atoms with Crippen LogP contribution in [0.15, 0.2) is 0 Å².